The molecule has 0 aromatic carbocycles. The van der Waals surface area contributed by atoms with E-state index in [2.05, 4.69) is 12.6 Å². The number of hydrogen-bond acceptors (Lipinski definition) is 6. The van der Waals surface area contributed by atoms with Gasteiger partial charge in [0.05, 0.1) is 12.5 Å². The second kappa shape index (κ2) is 10.2. The molecule has 16 heavy (non-hydrogen) atoms. The lowest BCUT2D eigenvalue weighted by atomic mass is 10.2. The van der Waals surface area contributed by atoms with Crippen LogP contribution >= 0.6 is 12.6 Å². The molecule has 0 rings (SSSR count). The zero-order chi connectivity index (χ0) is 13.1. The number of rotatable bonds is 5. The summed E-state index contributed by atoms with van der Waals surface area (Å²) in [5.41, 5.74) is 9.98. The van der Waals surface area contributed by atoms with E-state index in [4.69, 9.17) is 26.9 Å². The van der Waals surface area contributed by atoms with Crippen LogP contribution < -0.4 is 11.5 Å². The summed E-state index contributed by atoms with van der Waals surface area (Å²) in [6.45, 7) is 0. The number of carboxylic acid groups (broad SMARTS) is 2. The molecule has 0 heterocycles. The van der Waals surface area contributed by atoms with Gasteiger partial charge in [0.2, 0.25) is 0 Å². The molecule has 8 heteroatoms. The number of nitriles is 1. The molecule has 0 saturated heterocycles. The molecule has 0 spiro atoms. The quantitative estimate of drug-likeness (QED) is 0.393. The summed E-state index contributed by atoms with van der Waals surface area (Å²) in [5, 5.41) is 24.1. The molecule has 0 fully saturated rings. The topological polar surface area (TPSA) is 150 Å². The molecule has 0 radical (unpaired) electrons. The second-order valence-electron chi connectivity index (χ2n) is 2.76. The molecule has 0 aromatic rings. The highest BCUT2D eigenvalue weighted by Gasteiger charge is 2.08. The van der Waals surface area contributed by atoms with Gasteiger partial charge in [-0.3, -0.25) is 9.59 Å². The number of aliphatic carboxylic acids is 2. The summed E-state index contributed by atoms with van der Waals surface area (Å²) in [5.74, 6) is -1.57. The van der Waals surface area contributed by atoms with Crippen molar-refractivity contribution in [2.45, 2.75) is 24.9 Å². The number of nitrogens with zero attached hydrogens (tertiary/aromatic N) is 1. The summed E-state index contributed by atoms with van der Waals surface area (Å²) < 4.78 is 0. The van der Waals surface area contributed by atoms with E-state index in [9.17, 15) is 9.59 Å². The molecular weight excluding hydrogens is 234 g/mol. The third-order valence-corrected chi connectivity index (χ3v) is 1.64. The molecule has 0 saturated carbocycles. The summed E-state index contributed by atoms with van der Waals surface area (Å²) in [6.07, 6.45) is 0.299. The van der Waals surface area contributed by atoms with Crippen LogP contribution in [0.4, 0.5) is 0 Å². The van der Waals surface area contributed by atoms with Crippen molar-refractivity contribution in [3.05, 3.63) is 0 Å². The zero-order valence-electron chi connectivity index (χ0n) is 8.54. The highest BCUT2D eigenvalue weighted by molar-refractivity contribution is 7.80. The monoisotopic (exact) mass is 249 g/mol. The SMILES string of the molecule is N#CC[C@H](N)C(=O)O.N[C@@H](CCS)C(=O)O. The molecule has 0 aliphatic carbocycles. The maximum atomic E-state index is 9.93. The molecule has 2 atom stereocenters. The van der Waals surface area contributed by atoms with Gasteiger partial charge in [-0.05, 0) is 12.2 Å². The molecular formula is C8H15N3O4S. The molecule has 0 amide bonds. The lowest BCUT2D eigenvalue weighted by Crippen LogP contribution is -2.30. The average Bonchev–Trinajstić information content (AvgIpc) is 2.19. The van der Waals surface area contributed by atoms with Crippen molar-refractivity contribution < 1.29 is 19.8 Å². The van der Waals surface area contributed by atoms with E-state index in [-0.39, 0.29) is 6.42 Å². The Morgan fingerprint density at radius 2 is 1.69 bits per heavy atom. The first-order valence-electron chi connectivity index (χ1n) is 4.31. The van der Waals surface area contributed by atoms with E-state index in [0.29, 0.717) is 12.2 Å². The lowest BCUT2D eigenvalue weighted by Gasteiger charge is -2.00. The van der Waals surface area contributed by atoms with Crippen molar-refractivity contribution in [3.8, 4) is 6.07 Å². The van der Waals surface area contributed by atoms with Crippen molar-refractivity contribution in [2.24, 2.45) is 11.5 Å². The van der Waals surface area contributed by atoms with E-state index in [1.165, 1.54) is 0 Å². The van der Waals surface area contributed by atoms with Crippen LogP contribution in [0.25, 0.3) is 0 Å². The van der Waals surface area contributed by atoms with Gasteiger partial charge in [-0.15, -0.1) is 0 Å². The number of nitrogens with two attached hydrogens (primary N) is 2. The number of hydrogen-bond donors (Lipinski definition) is 5. The Labute approximate surface area is 98.4 Å². The minimum atomic E-state index is -1.13. The summed E-state index contributed by atoms with van der Waals surface area (Å²) in [6, 6.07) is -0.128. The van der Waals surface area contributed by atoms with E-state index < -0.39 is 24.0 Å². The summed E-state index contributed by atoms with van der Waals surface area (Å²) >= 11 is 3.81. The van der Waals surface area contributed by atoms with Crippen LogP contribution in [0.3, 0.4) is 0 Å². The van der Waals surface area contributed by atoms with Crippen LogP contribution in [-0.4, -0.2) is 40.0 Å². The third kappa shape index (κ3) is 10.8. The third-order valence-electron chi connectivity index (χ3n) is 1.39. The molecule has 7 nitrogen and oxygen atoms in total. The highest BCUT2D eigenvalue weighted by Crippen LogP contribution is 1.88. The van der Waals surface area contributed by atoms with Crippen LogP contribution in [0.5, 0.6) is 0 Å². The fourth-order valence-corrected chi connectivity index (χ4v) is 0.726. The van der Waals surface area contributed by atoms with Gasteiger partial charge in [0.25, 0.3) is 0 Å². The Morgan fingerprint density at radius 3 is 1.81 bits per heavy atom. The molecule has 0 aliphatic rings. The number of carbonyl (C=O) groups is 2. The standard InChI is InChI=1S/C4H6N2O2.C4H9NO2S/c5-2-1-3(6)4(7)8;5-3(1-2-8)4(6)7/h3H,1,6H2,(H,7,8);3,8H,1-2,5H2,(H,6,7)/t2*3-/m00/s1. The smallest absolute Gasteiger partial charge is 0.321 e. The summed E-state index contributed by atoms with van der Waals surface area (Å²) in [4.78, 5) is 19.7. The Kier molecular flexibility index (Phi) is 10.9. The summed E-state index contributed by atoms with van der Waals surface area (Å²) in [7, 11) is 0. The van der Waals surface area contributed by atoms with Crippen molar-refractivity contribution >= 4 is 24.6 Å². The van der Waals surface area contributed by atoms with E-state index in [1.54, 1.807) is 6.07 Å². The zero-order valence-corrected chi connectivity index (χ0v) is 9.43. The Morgan fingerprint density at radius 1 is 1.25 bits per heavy atom. The molecule has 0 unspecified atom stereocenters. The maximum absolute atomic E-state index is 9.93. The Hall–Kier alpha value is -1.30. The predicted octanol–water partition coefficient (Wildman–Crippen LogP) is -0.970. The van der Waals surface area contributed by atoms with Gasteiger partial charge in [0, 0.05) is 0 Å². The van der Waals surface area contributed by atoms with Crippen LogP contribution in [-0.2, 0) is 9.59 Å². The predicted molar refractivity (Wildman–Crippen MR) is 59.9 cm³/mol. The van der Waals surface area contributed by atoms with Crippen LogP contribution in [0.1, 0.15) is 12.8 Å². The Bertz CT molecular complexity index is 266. The van der Waals surface area contributed by atoms with Crippen LogP contribution in [0.2, 0.25) is 0 Å². The molecule has 0 aliphatic heterocycles. The van der Waals surface area contributed by atoms with Crippen molar-refractivity contribution in [1.29, 1.82) is 5.26 Å². The first-order valence-corrected chi connectivity index (χ1v) is 4.94. The van der Waals surface area contributed by atoms with Gasteiger partial charge in [0.1, 0.15) is 12.1 Å². The highest BCUT2D eigenvalue weighted by atomic mass is 32.1. The fourth-order valence-electron chi connectivity index (χ4n) is 0.448. The van der Waals surface area contributed by atoms with Gasteiger partial charge < -0.3 is 21.7 Å². The van der Waals surface area contributed by atoms with Crippen LogP contribution in [0, 0.1) is 11.3 Å². The van der Waals surface area contributed by atoms with Gasteiger partial charge in [-0.2, -0.15) is 17.9 Å². The maximum Gasteiger partial charge on any atom is 0.321 e. The van der Waals surface area contributed by atoms with Gasteiger partial charge in [-0.25, -0.2) is 0 Å². The van der Waals surface area contributed by atoms with Gasteiger partial charge >= 0.3 is 11.9 Å². The molecule has 92 valence electrons. The van der Waals surface area contributed by atoms with Gasteiger partial charge in [0.15, 0.2) is 0 Å². The first kappa shape index (κ1) is 17.1. The van der Waals surface area contributed by atoms with Crippen molar-refractivity contribution in [1.82, 2.24) is 0 Å². The number of thiol groups is 1. The fraction of sp³-hybridized carbons (Fsp3) is 0.625. The molecule has 6 N–H and O–H groups in total. The molecule has 0 bridgehead atoms. The normalized spacial score (nSPS) is 12.6. The minimum Gasteiger partial charge on any atom is -0.480 e. The molecule has 0 aromatic heterocycles. The van der Waals surface area contributed by atoms with E-state index in [0.717, 1.165) is 0 Å². The minimum absolute atomic E-state index is 0.130. The van der Waals surface area contributed by atoms with E-state index >= 15 is 0 Å². The average molecular weight is 249 g/mol. The van der Waals surface area contributed by atoms with E-state index in [1.807, 2.05) is 0 Å². The van der Waals surface area contributed by atoms with Gasteiger partial charge in [-0.1, -0.05) is 0 Å². The largest absolute Gasteiger partial charge is 0.480 e. The van der Waals surface area contributed by atoms with Crippen LogP contribution in [0.15, 0.2) is 0 Å². The van der Waals surface area contributed by atoms with Crippen molar-refractivity contribution in [2.75, 3.05) is 5.75 Å². The number of carboxylic acids is 2. The first-order chi connectivity index (χ1) is 7.36. The van der Waals surface area contributed by atoms with Crippen molar-refractivity contribution in [3.63, 3.8) is 0 Å². The lowest BCUT2D eigenvalue weighted by molar-refractivity contribution is -0.139. The Balaban J connectivity index is 0. The second-order valence-corrected chi connectivity index (χ2v) is 3.21.